The van der Waals surface area contributed by atoms with E-state index in [2.05, 4.69) is 10.3 Å². The highest BCUT2D eigenvalue weighted by Crippen LogP contribution is 2.14. The van der Waals surface area contributed by atoms with Gasteiger partial charge in [0.15, 0.2) is 0 Å². The SMILES string of the molecule is CCN(Cc1cccc(NC(=O)c2ccc[nH]2)c1)C(C)=O. The molecule has 1 aromatic carbocycles. The zero-order valence-electron chi connectivity index (χ0n) is 12.2. The fourth-order valence-electron chi connectivity index (χ4n) is 2.08. The summed E-state index contributed by atoms with van der Waals surface area (Å²) in [5.41, 5.74) is 2.21. The molecule has 21 heavy (non-hydrogen) atoms. The Morgan fingerprint density at radius 3 is 2.67 bits per heavy atom. The van der Waals surface area contributed by atoms with Crippen LogP contribution in [0.2, 0.25) is 0 Å². The number of H-pyrrole nitrogens is 1. The largest absolute Gasteiger partial charge is 0.357 e. The van der Waals surface area contributed by atoms with Crippen LogP contribution in [0.15, 0.2) is 42.6 Å². The number of aromatic nitrogens is 1. The number of hydrogen-bond donors (Lipinski definition) is 2. The number of rotatable bonds is 5. The van der Waals surface area contributed by atoms with Crippen LogP contribution in [0.1, 0.15) is 29.9 Å². The number of hydrogen-bond acceptors (Lipinski definition) is 2. The fourth-order valence-corrected chi connectivity index (χ4v) is 2.08. The van der Waals surface area contributed by atoms with E-state index in [1.54, 1.807) is 30.2 Å². The Bertz CT molecular complexity index is 620. The van der Waals surface area contributed by atoms with Gasteiger partial charge in [0.05, 0.1) is 0 Å². The van der Waals surface area contributed by atoms with Crippen molar-refractivity contribution in [2.75, 3.05) is 11.9 Å². The Hall–Kier alpha value is -2.56. The molecule has 0 fully saturated rings. The summed E-state index contributed by atoms with van der Waals surface area (Å²) in [7, 11) is 0. The van der Waals surface area contributed by atoms with Crippen LogP contribution in [0.4, 0.5) is 5.69 Å². The number of nitrogens with one attached hydrogen (secondary N) is 2. The van der Waals surface area contributed by atoms with Gasteiger partial charge in [0.25, 0.3) is 5.91 Å². The van der Waals surface area contributed by atoms with Gasteiger partial charge in [-0.15, -0.1) is 0 Å². The Morgan fingerprint density at radius 2 is 2.05 bits per heavy atom. The van der Waals surface area contributed by atoms with Crippen LogP contribution in [0.5, 0.6) is 0 Å². The summed E-state index contributed by atoms with van der Waals surface area (Å²) in [6, 6.07) is 11.0. The van der Waals surface area contributed by atoms with Gasteiger partial charge in [0, 0.05) is 31.9 Å². The number of amides is 2. The van der Waals surface area contributed by atoms with Crippen LogP contribution in [0.25, 0.3) is 0 Å². The molecule has 2 rings (SSSR count). The van der Waals surface area contributed by atoms with E-state index < -0.39 is 0 Å². The lowest BCUT2D eigenvalue weighted by Crippen LogP contribution is -2.27. The summed E-state index contributed by atoms with van der Waals surface area (Å²) in [5.74, 6) is -0.144. The van der Waals surface area contributed by atoms with E-state index in [4.69, 9.17) is 0 Å². The summed E-state index contributed by atoms with van der Waals surface area (Å²) in [6.07, 6.45) is 1.71. The molecule has 0 saturated heterocycles. The van der Waals surface area contributed by atoms with Crippen LogP contribution < -0.4 is 5.32 Å². The number of nitrogens with zero attached hydrogens (tertiary/aromatic N) is 1. The van der Waals surface area contributed by atoms with Gasteiger partial charge in [-0.05, 0) is 36.8 Å². The van der Waals surface area contributed by atoms with Crippen LogP contribution in [0, 0.1) is 0 Å². The molecule has 0 atom stereocenters. The Balaban J connectivity index is 2.07. The molecule has 0 spiro atoms. The molecule has 0 bridgehead atoms. The lowest BCUT2D eigenvalue weighted by molar-refractivity contribution is -0.129. The molecule has 0 aliphatic rings. The summed E-state index contributed by atoms with van der Waals surface area (Å²) in [6.45, 7) is 4.70. The van der Waals surface area contributed by atoms with Crippen molar-refractivity contribution in [3.05, 3.63) is 53.9 Å². The first-order chi connectivity index (χ1) is 10.1. The number of benzene rings is 1. The number of anilines is 1. The minimum atomic E-state index is -0.184. The van der Waals surface area contributed by atoms with Gasteiger partial charge in [-0.3, -0.25) is 9.59 Å². The van der Waals surface area contributed by atoms with E-state index in [0.717, 1.165) is 5.56 Å². The van der Waals surface area contributed by atoms with E-state index >= 15 is 0 Å². The van der Waals surface area contributed by atoms with Crippen molar-refractivity contribution in [2.45, 2.75) is 20.4 Å². The molecule has 5 heteroatoms. The van der Waals surface area contributed by atoms with Crippen molar-refractivity contribution in [1.82, 2.24) is 9.88 Å². The molecule has 2 amide bonds. The molecular weight excluding hydrogens is 266 g/mol. The van der Waals surface area contributed by atoms with Gasteiger partial charge in [0.2, 0.25) is 5.91 Å². The van der Waals surface area contributed by atoms with Crippen molar-refractivity contribution >= 4 is 17.5 Å². The third-order valence-corrected chi connectivity index (χ3v) is 3.23. The molecule has 1 heterocycles. The van der Waals surface area contributed by atoms with Crippen LogP contribution in [-0.2, 0) is 11.3 Å². The number of carbonyl (C=O) groups is 2. The first kappa shape index (κ1) is 14.8. The molecule has 1 aromatic heterocycles. The van der Waals surface area contributed by atoms with Crippen molar-refractivity contribution in [3.63, 3.8) is 0 Å². The maximum Gasteiger partial charge on any atom is 0.272 e. The summed E-state index contributed by atoms with van der Waals surface area (Å²) >= 11 is 0. The molecular formula is C16H19N3O2. The minimum Gasteiger partial charge on any atom is -0.357 e. The fraction of sp³-hybridized carbons (Fsp3) is 0.250. The average Bonchev–Trinajstić information content (AvgIpc) is 2.99. The van der Waals surface area contributed by atoms with Crippen molar-refractivity contribution in [2.24, 2.45) is 0 Å². The second-order valence-electron chi connectivity index (χ2n) is 4.77. The standard InChI is InChI=1S/C16H19N3O2/c1-3-19(12(2)20)11-13-6-4-7-14(10-13)18-16(21)15-8-5-9-17-15/h4-10,17H,3,11H2,1-2H3,(H,18,21). The third kappa shape index (κ3) is 3.95. The van der Waals surface area contributed by atoms with E-state index in [1.165, 1.54) is 0 Å². The maximum absolute atomic E-state index is 12.0. The van der Waals surface area contributed by atoms with Gasteiger partial charge in [-0.2, -0.15) is 0 Å². The van der Waals surface area contributed by atoms with E-state index in [1.807, 2.05) is 31.2 Å². The summed E-state index contributed by atoms with van der Waals surface area (Å²) in [4.78, 5) is 28.0. The van der Waals surface area contributed by atoms with Crippen LogP contribution >= 0.6 is 0 Å². The second-order valence-corrected chi connectivity index (χ2v) is 4.77. The molecule has 2 aromatic rings. The van der Waals surface area contributed by atoms with Crippen molar-refractivity contribution < 1.29 is 9.59 Å². The molecule has 0 aliphatic carbocycles. The number of carbonyl (C=O) groups excluding carboxylic acids is 2. The summed E-state index contributed by atoms with van der Waals surface area (Å²) in [5, 5.41) is 2.83. The highest BCUT2D eigenvalue weighted by atomic mass is 16.2. The van der Waals surface area contributed by atoms with Crippen LogP contribution in [-0.4, -0.2) is 28.2 Å². The van der Waals surface area contributed by atoms with Gasteiger partial charge in [-0.1, -0.05) is 12.1 Å². The smallest absolute Gasteiger partial charge is 0.272 e. The zero-order valence-corrected chi connectivity index (χ0v) is 12.2. The average molecular weight is 285 g/mol. The van der Waals surface area contributed by atoms with Crippen molar-refractivity contribution in [1.29, 1.82) is 0 Å². The summed E-state index contributed by atoms with van der Waals surface area (Å²) < 4.78 is 0. The van der Waals surface area contributed by atoms with E-state index in [0.29, 0.717) is 24.5 Å². The predicted octanol–water partition coefficient (Wildman–Crippen LogP) is 2.64. The highest BCUT2D eigenvalue weighted by Gasteiger charge is 2.09. The minimum absolute atomic E-state index is 0.0401. The van der Waals surface area contributed by atoms with E-state index in [9.17, 15) is 9.59 Å². The quantitative estimate of drug-likeness (QED) is 0.887. The number of aromatic amines is 1. The monoisotopic (exact) mass is 285 g/mol. The Morgan fingerprint density at radius 1 is 1.24 bits per heavy atom. The van der Waals surface area contributed by atoms with Gasteiger partial charge in [0.1, 0.15) is 5.69 Å². The maximum atomic E-state index is 12.0. The molecule has 0 unspecified atom stereocenters. The van der Waals surface area contributed by atoms with Crippen molar-refractivity contribution in [3.8, 4) is 0 Å². The zero-order chi connectivity index (χ0) is 15.2. The molecule has 0 aliphatic heterocycles. The molecule has 0 saturated carbocycles. The molecule has 0 radical (unpaired) electrons. The van der Waals surface area contributed by atoms with Gasteiger partial charge in [-0.25, -0.2) is 0 Å². The van der Waals surface area contributed by atoms with Gasteiger partial charge < -0.3 is 15.2 Å². The molecule has 2 N–H and O–H groups in total. The highest BCUT2D eigenvalue weighted by molar-refractivity contribution is 6.02. The lowest BCUT2D eigenvalue weighted by Gasteiger charge is -2.19. The molecule has 5 nitrogen and oxygen atoms in total. The lowest BCUT2D eigenvalue weighted by atomic mass is 10.2. The first-order valence-corrected chi connectivity index (χ1v) is 6.89. The van der Waals surface area contributed by atoms with Gasteiger partial charge >= 0.3 is 0 Å². The van der Waals surface area contributed by atoms with Crippen LogP contribution in [0.3, 0.4) is 0 Å². The second kappa shape index (κ2) is 6.74. The van der Waals surface area contributed by atoms with E-state index in [-0.39, 0.29) is 11.8 Å². The Kier molecular flexibility index (Phi) is 4.77. The Labute approximate surface area is 124 Å². The predicted molar refractivity (Wildman–Crippen MR) is 82.0 cm³/mol. The topological polar surface area (TPSA) is 65.2 Å². The normalized spacial score (nSPS) is 10.2. The molecule has 110 valence electrons. The third-order valence-electron chi connectivity index (χ3n) is 3.23. The first-order valence-electron chi connectivity index (χ1n) is 6.89.